The normalized spacial score (nSPS) is 11.0. The van der Waals surface area contributed by atoms with Gasteiger partial charge in [-0.15, -0.1) is 18.2 Å². The van der Waals surface area contributed by atoms with E-state index in [4.69, 9.17) is 0 Å². The minimum Gasteiger partial charge on any atom is -0.363 e. The summed E-state index contributed by atoms with van der Waals surface area (Å²) in [7, 11) is 0. The summed E-state index contributed by atoms with van der Waals surface area (Å²) in [5.74, 6) is -1.71. The van der Waals surface area contributed by atoms with E-state index in [1.165, 1.54) is 11.0 Å². The fourth-order valence-corrected chi connectivity index (χ4v) is 2.01. The summed E-state index contributed by atoms with van der Waals surface area (Å²) in [5.41, 5.74) is -0.466. The average Bonchev–Trinajstić information content (AvgIpc) is 2.44. The Kier molecular flexibility index (Phi) is 9.10. The predicted octanol–water partition coefficient (Wildman–Crippen LogP) is 4.72. The monoisotopic (exact) mass is 344 g/mol. The van der Waals surface area contributed by atoms with Gasteiger partial charge in [0.05, 0.1) is 0 Å². The molecule has 0 saturated carbocycles. The van der Waals surface area contributed by atoms with Crippen molar-refractivity contribution < 1.29 is 35.3 Å². The number of amides is 1. The summed E-state index contributed by atoms with van der Waals surface area (Å²) in [4.78, 5) is 14.1. The van der Waals surface area contributed by atoms with Crippen LogP contribution in [0.1, 0.15) is 53.4 Å². The van der Waals surface area contributed by atoms with E-state index < -0.39 is 17.0 Å². The Bertz CT molecular complexity index is 492. The second-order valence-electron chi connectivity index (χ2n) is 5.91. The number of carbonyl (C=O) groups is 1. The molecular formula is C17H24F2NOTi-. The van der Waals surface area contributed by atoms with E-state index in [0.717, 1.165) is 25.3 Å². The van der Waals surface area contributed by atoms with Crippen LogP contribution in [0.3, 0.4) is 0 Å². The van der Waals surface area contributed by atoms with Crippen molar-refractivity contribution >= 4 is 11.6 Å². The van der Waals surface area contributed by atoms with Crippen LogP contribution in [0.25, 0.3) is 0 Å². The number of rotatable bonds is 7. The summed E-state index contributed by atoms with van der Waals surface area (Å²) < 4.78 is 27.0. The second kappa shape index (κ2) is 9.41. The molecule has 0 aromatic heterocycles. The van der Waals surface area contributed by atoms with E-state index in [9.17, 15) is 13.6 Å². The summed E-state index contributed by atoms with van der Waals surface area (Å²) in [6, 6.07) is 4.46. The first-order valence-corrected chi connectivity index (χ1v) is 7.52. The molecule has 0 N–H and O–H groups in total. The third kappa shape index (κ3) is 5.47. The Hall–Kier alpha value is -0.736. The molecule has 0 fully saturated rings. The van der Waals surface area contributed by atoms with E-state index >= 15 is 0 Å². The SMILES string of the molecule is CCCCCN(C(=O)C(C)(C)CC)c1ccc(F)[c-]c1F.[Ti]. The zero-order chi connectivity index (χ0) is 16.0. The van der Waals surface area contributed by atoms with Crippen molar-refractivity contribution in [1.82, 2.24) is 0 Å². The number of nitrogens with zero attached hydrogens (tertiary/aromatic N) is 1. The first kappa shape index (κ1) is 21.3. The van der Waals surface area contributed by atoms with E-state index in [1.807, 2.05) is 26.8 Å². The van der Waals surface area contributed by atoms with Crippen molar-refractivity contribution in [2.45, 2.75) is 53.4 Å². The van der Waals surface area contributed by atoms with Crippen LogP contribution in [0, 0.1) is 23.1 Å². The van der Waals surface area contributed by atoms with Crippen molar-refractivity contribution in [2.75, 3.05) is 11.4 Å². The van der Waals surface area contributed by atoms with E-state index in [1.54, 1.807) is 0 Å². The number of carbonyl (C=O) groups excluding carboxylic acids is 1. The predicted molar refractivity (Wildman–Crippen MR) is 81.1 cm³/mol. The quantitative estimate of drug-likeness (QED) is 0.398. The summed E-state index contributed by atoms with van der Waals surface area (Å²) in [6.45, 7) is 8.11. The van der Waals surface area contributed by atoms with Gasteiger partial charge in [-0.3, -0.25) is 4.79 Å². The van der Waals surface area contributed by atoms with Gasteiger partial charge in [-0.25, -0.2) is 8.78 Å². The number of hydrogen-bond acceptors (Lipinski definition) is 1. The second-order valence-corrected chi connectivity index (χ2v) is 5.91. The van der Waals surface area contributed by atoms with Crippen LogP contribution in [-0.2, 0) is 26.5 Å². The molecule has 0 aliphatic heterocycles. The molecule has 1 rings (SSSR count). The van der Waals surface area contributed by atoms with E-state index in [0.29, 0.717) is 13.0 Å². The van der Waals surface area contributed by atoms with Crippen molar-refractivity contribution in [3.63, 3.8) is 0 Å². The Morgan fingerprint density at radius 1 is 1.23 bits per heavy atom. The molecular weight excluding hydrogens is 320 g/mol. The van der Waals surface area contributed by atoms with Crippen molar-refractivity contribution in [3.05, 3.63) is 29.8 Å². The Morgan fingerprint density at radius 3 is 2.36 bits per heavy atom. The molecule has 5 heteroatoms. The smallest absolute Gasteiger partial charge is 0.221 e. The zero-order valence-corrected chi connectivity index (χ0v) is 15.4. The van der Waals surface area contributed by atoms with Crippen LogP contribution >= 0.6 is 0 Å². The summed E-state index contributed by atoms with van der Waals surface area (Å²) in [5, 5.41) is 0. The minimum atomic E-state index is -0.813. The first-order valence-electron chi connectivity index (χ1n) is 7.52. The molecule has 0 unspecified atom stereocenters. The van der Waals surface area contributed by atoms with Gasteiger partial charge >= 0.3 is 0 Å². The maximum atomic E-state index is 14.0. The maximum Gasteiger partial charge on any atom is 0.221 e. The molecule has 0 radical (unpaired) electrons. The van der Waals surface area contributed by atoms with Gasteiger partial charge in [0.1, 0.15) is 0 Å². The molecule has 1 aromatic carbocycles. The molecule has 0 spiro atoms. The van der Waals surface area contributed by atoms with Crippen LogP contribution in [0.5, 0.6) is 0 Å². The first-order chi connectivity index (χ1) is 9.83. The molecule has 0 atom stereocenters. The summed E-state index contributed by atoms with van der Waals surface area (Å²) in [6.07, 6.45) is 3.42. The van der Waals surface area contributed by atoms with Crippen molar-refractivity contribution in [2.24, 2.45) is 5.41 Å². The van der Waals surface area contributed by atoms with Gasteiger partial charge in [-0.05, 0) is 18.5 Å². The van der Waals surface area contributed by atoms with Gasteiger partial charge in [0.15, 0.2) is 0 Å². The number of anilines is 1. The molecule has 0 aliphatic carbocycles. The van der Waals surface area contributed by atoms with Crippen LogP contribution in [-0.4, -0.2) is 12.5 Å². The van der Waals surface area contributed by atoms with Gasteiger partial charge in [-0.2, -0.15) is 0 Å². The number of hydrogen-bond donors (Lipinski definition) is 0. The molecule has 0 bridgehead atoms. The Morgan fingerprint density at radius 2 is 1.86 bits per heavy atom. The van der Waals surface area contributed by atoms with Crippen molar-refractivity contribution in [3.8, 4) is 0 Å². The van der Waals surface area contributed by atoms with Gasteiger partial charge < -0.3 is 4.90 Å². The van der Waals surface area contributed by atoms with Crippen LogP contribution in [0.2, 0.25) is 0 Å². The Balaban J connectivity index is 0.00000441. The molecule has 0 saturated heterocycles. The van der Waals surface area contributed by atoms with Gasteiger partial charge in [0.2, 0.25) is 5.91 Å². The van der Waals surface area contributed by atoms with Crippen LogP contribution < -0.4 is 4.90 Å². The molecule has 1 amide bonds. The standard InChI is InChI=1S/C17H24F2NO.Ti/c1-5-7-8-11-20(16(21)17(3,4)6-2)15-10-9-13(18)12-14(15)19;/h9-10H,5-8,11H2,1-4H3;/q-1;. The van der Waals surface area contributed by atoms with E-state index in [-0.39, 0.29) is 33.3 Å². The minimum absolute atomic E-state index is 0. The average molecular weight is 344 g/mol. The summed E-state index contributed by atoms with van der Waals surface area (Å²) >= 11 is 0. The fraction of sp³-hybridized carbons (Fsp3) is 0.588. The molecule has 0 heterocycles. The largest absolute Gasteiger partial charge is 0.363 e. The molecule has 22 heavy (non-hydrogen) atoms. The van der Waals surface area contributed by atoms with Gasteiger partial charge in [0, 0.05) is 45.3 Å². The third-order valence-corrected chi connectivity index (χ3v) is 3.83. The van der Waals surface area contributed by atoms with Crippen LogP contribution in [0.15, 0.2) is 12.1 Å². The number of halogens is 2. The van der Waals surface area contributed by atoms with Crippen LogP contribution in [0.4, 0.5) is 14.5 Å². The maximum absolute atomic E-state index is 14.0. The molecule has 2 nitrogen and oxygen atoms in total. The third-order valence-electron chi connectivity index (χ3n) is 3.83. The van der Waals surface area contributed by atoms with Gasteiger partial charge in [-0.1, -0.05) is 40.5 Å². The van der Waals surface area contributed by atoms with Gasteiger partial charge in [0.25, 0.3) is 0 Å². The zero-order valence-electron chi connectivity index (χ0n) is 13.8. The van der Waals surface area contributed by atoms with Crippen molar-refractivity contribution in [1.29, 1.82) is 0 Å². The van der Waals surface area contributed by atoms with E-state index in [2.05, 4.69) is 6.92 Å². The molecule has 1 aromatic rings. The fourth-order valence-electron chi connectivity index (χ4n) is 2.01. The Labute approximate surface area is 147 Å². The molecule has 122 valence electrons. The number of benzene rings is 1. The topological polar surface area (TPSA) is 20.3 Å². The molecule has 0 aliphatic rings. The number of unbranched alkanes of at least 4 members (excludes halogenated alkanes) is 2.